The second-order valence-electron chi connectivity index (χ2n) is 4.98. The fraction of sp³-hybridized carbons (Fsp3) is 0.286. The van der Waals surface area contributed by atoms with Gasteiger partial charge in [-0.2, -0.15) is 4.98 Å². The van der Waals surface area contributed by atoms with Crippen LogP contribution in [-0.4, -0.2) is 32.8 Å². The van der Waals surface area contributed by atoms with Gasteiger partial charge in [-0.25, -0.2) is 9.37 Å². The molecule has 8 heteroatoms. The molecule has 2 heterocycles. The highest BCUT2D eigenvalue weighted by atomic mass is 32.2. The minimum atomic E-state index is -0.511. The Balaban J connectivity index is 2.06. The summed E-state index contributed by atoms with van der Waals surface area (Å²) in [5.41, 5.74) is 6.01. The Kier molecular flexibility index (Phi) is 3.69. The highest BCUT2D eigenvalue weighted by Crippen LogP contribution is 2.33. The van der Waals surface area contributed by atoms with Crippen LogP contribution in [0.2, 0.25) is 0 Å². The molecule has 1 aliphatic heterocycles. The van der Waals surface area contributed by atoms with Crippen LogP contribution >= 0.6 is 11.8 Å². The number of hydrogen-bond donors (Lipinski definition) is 1. The van der Waals surface area contributed by atoms with Crippen LogP contribution in [0.25, 0.3) is 10.9 Å². The van der Waals surface area contributed by atoms with Gasteiger partial charge in [0.05, 0.1) is 10.9 Å². The van der Waals surface area contributed by atoms with Gasteiger partial charge in [0.25, 0.3) is 0 Å². The van der Waals surface area contributed by atoms with Gasteiger partial charge < -0.3 is 5.73 Å². The molecule has 1 aromatic heterocycles. The van der Waals surface area contributed by atoms with Crippen LogP contribution in [-0.2, 0) is 9.59 Å². The molecule has 1 aromatic carbocycles. The van der Waals surface area contributed by atoms with Gasteiger partial charge in [-0.3, -0.25) is 14.5 Å². The number of aromatic nitrogens is 2. The summed E-state index contributed by atoms with van der Waals surface area (Å²) in [6, 6.07) is 4.42. The van der Waals surface area contributed by atoms with Crippen molar-refractivity contribution in [2.45, 2.75) is 18.6 Å². The minimum Gasteiger partial charge on any atom is -0.368 e. The van der Waals surface area contributed by atoms with Gasteiger partial charge >= 0.3 is 0 Å². The van der Waals surface area contributed by atoms with E-state index in [4.69, 9.17) is 5.73 Å². The molecule has 0 bridgehead atoms. The predicted molar refractivity (Wildman–Crippen MR) is 82.9 cm³/mol. The Morgan fingerprint density at radius 1 is 1.45 bits per heavy atom. The van der Waals surface area contributed by atoms with Gasteiger partial charge in [0.1, 0.15) is 5.82 Å². The first kappa shape index (κ1) is 14.7. The molecule has 1 amide bonds. The average molecular weight is 320 g/mol. The number of carbonyl (C=O) groups excluding carboxylic acids is 2. The molecule has 2 aromatic rings. The van der Waals surface area contributed by atoms with Gasteiger partial charge in [-0.15, -0.1) is 0 Å². The van der Waals surface area contributed by atoms with Gasteiger partial charge in [-0.05, 0) is 12.1 Å². The van der Waals surface area contributed by atoms with Crippen molar-refractivity contribution < 1.29 is 14.0 Å². The van der Waals surface area contributed by atoms with Crippen LogP contribution in [0, 0.1) is 5.82 Å². The van der Waals surface area contributed by atoms with E-state index in [2.05, 4.69) is 9.97 Å². The maximum atomic E-state index is 14.1. The van der Waals surface area contributed by atoms with Crippen molar-refractivity contribution in [1.82, 2.24) is 9.97 Å². The number of anilines is 2. The number of thioether (sulfide) groups is 1. The SMILES string of the molecule is CC(=O)SC1CC(=O)N(c2nc(N)nc3cccc(F)c23)C1. The van der Waals surface area contributed by atoms with Crippen LogP contribution in [0.1, 0.15) is 13.3 Å². The Labute approximate surface area is 129 Å². The quantitative estimate of drug-likeness (QED) is 0.906. The first-order valence-corrected chi connectivity index (χ1v) is 7.53. The molecule has 0 saturated carbocycles. The van der Waals surface area contributed by atoms with Crippen molar-refractivity contribution in [2.75, 3.05) is 17.2 Å². The molecule has 1 atom stereocenters. The van der Waals surface area contributed by atoms with Crippen LogP contribution in [0.15, 0.2) is 18.2 Å². The second kappa shape index (κ2) is 5.53. The maximum absolute atomic E-state index is 14.1. The van der Waals surface area contributed by atoms with E-state index in [1.54, 1.807) is 6.07 Å². The Morgan fingerprint density at radius 2 is 2.23 bits per heavy atom. The van der Waals surface area contributed by atoms with E-state index in [1.165, 1.54) is 24.0 Å². The maximum Gasteiger partial charge on any atom is 0.229 e. The molecule has 0 spiro atoms. The van der Waals surface area contributed by atoms with E-state index < -0.39 is 5.82 Å². The van der Waals surface area contributed by atoms with Crippen molar-refractivity contribution >= 4 is 45.5 Å². The van der Waals surface area contributed by atoms with Crippen molar-refractivity contribution in [2.24, 2.45) is 0 Å². The summed E-state index contributed by atoms with van der Waals surface area (Å²) in [4.78, 5) is 32.8. The average Bonchev–Trinajstić information content (AvgIpc) is 2.77. The summed E-state index contributed by atoms with van der Waals surface area (Å²) >= 11 is 1.11. The molecule has 6 nitrogen and oxygen atoms in total. The normalized spacial score (nSPS) is 18.2. The van der Waals surface area contributed by atoms with Gasteiger partial charge in [-0.1, -0.05) is 17.8 Å². The summed E-state index contributed by atoms with van der Waals surface area (Å²) in [5.74, 6) is -0.579. The van der Waals surface area contributed by atoms with Gasteiger partial charge in [0, 0.05) is 25.1 Å². The summed E-state index contributed by atoms with van der Waals surface area (Å²) in [6.07, 6.45) is 0.212. The standard InChI is InChI=1S/C14H13FN4O2S/c1-7(20)22-8-5-11(21)19(6-8)13-12-9(15)3-2-4-10(12)17-14(16)18-13/h2-4,8H,5-6H2,1H3,(H2,16,17,18). The molecule has 0 aliphatic carbocycles. The number of carbonyl (C=O) groups is 2. The van der Waals surface area contributed by atoms with E-state index in [0.717, 1.165) is 11.8 Å². The Bertz CT molecular complexity index is 783. The van der Waals surface area contributed by atoms with E-state index in [-0.39, 0.29) is 39.8 Å². The molecular weight excluding hydrogens is 307 g/mol. The molecule has 114 valence electrons. The fourth-order valence-electron chi connectivity index (χ4n) is 2.53. The number of fused-ring (bicyclic) bond motifs is 1. The third-order valence-corrected chi connectivity index (χ3v) is 4.33. The molecular formula is C14H13FN4O2S. The van der Waals surface area contributed by atoms with Gasteiger partial charge in [0.2, 0.25) is 11.9 Å². The molecule has 1 unspecified atom stereocenters. The molecule has 2 N–H and O–H groups in total. The lowest BCUT2D eigenvalue weighted by Gasteiger charge is -2.18. The van der Waals surface area contributed by atoms with Gasteiger partial charge in [0.15, 0.2) is 10.9 Å². The number of nitrogen functional groups attached to an aromatic ring is 1. The molecule has 22 heavy (non-hydrogen) atoms. The van der Waals surface area contributed by atoms with Crippen LogP contribution < -0.4 is 10.6 Å². The van der Waals surface area contributed by atoms with Crippen LogP contribution in [0.3, 0.4) is 0 Å². The topological polar surface area (TPSA) is 89.2 Å². The highest BCUT2D eigenvalue weighted by molar-refractivity contribution is 8.14. The molecule has 3 rings (SSSR count). The largest absolute Gasteiger partial charge is 0.368 e. The molecule has 1 fully saturated rings. The van der Waals surface area contributed by atoms with Crippen LogP contribution in [0.4, 0.5) is 16.2 Å². The smallest absolute Gasteiger partial charge is 0.229 e. The lowest BCUT2D eigenvalue weighted by atomic mass is 10.2. The van der Waals surface area contributed by atoms with E-state index in [1.807, 2.05) is 0 Å². The third-order valence-electron chi connectivity index (χ3n) is 3.35. The number of halogens is 1. The third kappa shape index (κ3) is 2.61. The molecule has 0 radical (unpaired) electrons. The van der Waals surface area contributed by atoms with Crippen molar-refractivity contribution in [3.63, 3.8) is 0 Å². The number of rotatable bonds is 2. The highest BCUT2D eigenvalue weighted by Gasteiger charge is 2.34. The molecule has 1 aliphatic rings. The number of nitrogens with two attached hydrogens (primary N) is 1. The first-order valence-electron chi connectivity index (χ1n) is 6.65. The zero-order valence-electron chi connectivity index (χ0n) is 11.7. The zero-order valence-corrected chi connectivity index (χ0v) is 12.6. The molecule has 1 saturated heterocycles. The van der Waals surface area contributed by atoms with Crippen molar-refractivity contribution in [3.8, 4) is 0 Å². The number of hydrogen-bond acceptors (Lipinski definition) is 6. The first-order chi connectivity index (χ1) is 10.5. The minimum absolute atomic E-state index is 0.0245. The summed E-state index contributed by atoms with van der Waals surface area (Å²) in [5, 5.41) is -0.0561. The van der Waals surface area contributed by atoms with E-state index in [0.29, 0.717) is 12.1 Å². The zero-order chi connectivity index (χ0) is 15.9. The lowest BCUT2D eigenvalue weighted by Crippen LogP contribution is -2.27. The number of amides is 1. The fourth-order valence-corrected chi connectivity index (χ4v) is 3.45. The van der Waals surface area contributed by atoms with Crippen molar-refractivity contribution in [1.29, 1.82) is 0 Å². The Hall–Kier alpha value is -2.22. The number of nitrogens with zero attached hydrogens (tertiary/aromatic N) is 3. The Morgan fingerprint density at radius 3 is 2.95 bits per heavy atom. The lowest BCUT2D eigenvalue weighted by molar-refractivity contribution is -0.117. The summed E-state index contributed by atoms with van der Waals surface area (Å²) in [7, 11) is 0. The van der Waals surface area contributed by atoms with E-state index in [9.17, 15) is 14.0 Å². The number of benzene rings is 1. The van der Waals surface area contributed by atoms with Crippen molar-refractivity contribution in [3.05, 3.63) is 24.0 Å². The second-order valence-corrected chi connectivity index (χ2v) is 6.46. The van der Waals surface area contributed by atoms with E-state index >= 15 is 0 Å². The summed E-state index contributed by atoms with van der Waals surface area (Å²) < 4.78 is 14.1. The predicted octanol–water partition coefficient (Wildman–Crippen LogP) is 1.74. The summed E-state index contributed by atoms with van der Waals surface area (Å²) in [6.45, 7) is 1.75. The monoisotopic (exact) mass is 320 g/mol. The van der Waals surface area contributed by atoms with Crippen LogP contribution in [0.5, 0.6) is 0 Å².